The van der Waals surface area contributed by atoms with Crippen LogP contribution in [0.2, 0.25) is 10.0 Å². The summed E-state index contributed by atoms with van der Waals surface area (Å²) in [5.41, 5.74) is 1.09. The van der Waals surface area contributed by atoms with Crippen LogP contribution in [0.5, 0.6) is 0 Å². The largest absolute Gasteiger partial charge is 0.460 e. The number of carbonyl (C=O) groups excluding carboxylic acids is 2. The van der Waals surface area contributed by atoms with Crippen LogP contribution >= 0.6 is 23.2 Å². The molecule has 1 amide bonds. The summed E-state index contributed by atoms with van der Waals surface area (Å²) in [5, 5.41) is 3.59. The molecule has 1 aromatic carbocycles. The Morgan fingerprint density at radius 1 is 1.26 bits per heavy atom. The summed E-state index contributed by atoms with van der Waals surface area (Å²) in [6, 6.07) is 4.46. The minimum absolute atomic E-state index is 0.0697. The van der Waals surface area contributed by atoms with Gasteiger partial charge >= 0.3 is 5.97 Å². The first-order chi connectivity index (χ1) is 16.7. The van der Waals surface area contributed by atoms with Gasteiger partial charge in [0.15, 0.2) is 0 Å². The third kappa shape index (κ3) is 4.39. The maximum Gasteiger partial charge on any atom is 0.374 e. The molecule has 1 atom stereocenters. The molecule has 0 radical (unpaired) electrons. The smallest absolute Gasteiger partial charge is 0.374 e. The van der Waals surface area contributed by atoms with Crippen molar-refractivity contribution in [3.05, 3.63) is 67.4 Å². The topological polar surface area (TPSA) is 111 Å². The van der Waals surface area contributed by atoms with Gasteiger partial charge in [0.2, 0.25) is 11.8 Å². The Balaban J connectivity index is 1.74. The Morgan fingerprint density at radius 2 is 2.00 bits per heavy atom. The van der Waals surface area contributed by atoms with E-state index in [4.69, 9.17) is 27.9 Å². The van der Waals surface area contributed by atoms with Crippen molar-refractivity contribution in [2.24, 2.45) is 7.05 Å². The van der Waals surface area contributed by atoms with Crippen molar-refractivity contribution in [3.63, 3.8) is 0 Å². The summed E-state index contributed by atoms with van der Waals surface area (Å²) in [5.74, 6) is -0.135. The van der Waals surface area contributed by atoms with Gasteiger partial charge in [0.1, 0.15) is 5.82 Å². The van der Waals surface area contributed by atoms with Crippen molar-refractivity contribution >= 4 is 41.0 Å². The zero-order valence-electron chi connectivity index (χ0n) is 19.6. The van der Waals surface area contributed by atoms with Crippen molar-refractivity contribution in [2.45, 2.75) is 32.9 Å². The quantitative estimate of drug-likeness (QED) is 0.516. The fraction of sp³-hybridized carbons (Fsp3) is 0.348. The molecule has 12 heteroatoms. The van der Waals surface area contributed by atoms with E-state index in [1.165, 1.54) is 21.4 Å². The monoisotopic (exact) mass is 518 g/mol. The molecule has 3 aromatic rings. The van der Waals surface area contributed by atoms with Crippen molar-refractivity contribution in [1.29, 1.82) is 0 Å². The van der Waals surface area contributed by atoms with Crippen LogP contribution in [0.3, 0.4) is 0 Å². The minimum Gasteiger partial charge on any atom is -0.460 e. The Hall–Kier alpha value is -3.37. The molecule has 10 nitrogen and oxygen atoms in total. The highest BCUT2D eigenvalue weighted by molar-refractivity contribution is 6.42. The van der Waals surface area contributed by atoms with Crippen LogP contribution < -0.4 is 10.9 Å². The molecule has 4 rings (SSSR count). The summed E-state index contributed by atoms with van der Waals surface area (Å²) < 4.78 is 7.90. The Bertz CT molecular complexity index is 1380. The van der Waals surface area contributed by atoms with Crippen LogP contribution in [-0.4, -0.2) is 55.6 Å². The number of anilines is 1. The van der Waals surface area contributed by atoms with E-state index in [1.54, 1.807) is 38.1 Å². The van der Waals surface area contributed by atoms with E-state index in [1.807, 2.05) is 6.92 Å². The second kappa shape index (κ2) is 9.71. The number of fused-ring (bicyclic) bond motifs is 1. The Kier molecular flexibility index (Phi) is 6.86. The van der Waals surface area contributed by atoms with Gasteiger partial charge in [0.05, 0.1) is 35.1 Å². The molecule has 0 fully saturated rings. The predicted octanol–water partition coefficient (Wildman–Crippen LogP) is 3.08. The first-order valence-corrected chi connectivity index (χ1v) is 11.7. The second-order valence-corrected chi connectivity index (χ2v) is 8.90. The number of imidazole rings is 1. The molecule has 1 aliphatic heterocycles. The van der Waals surface area contributed by atoms with Crippen LogP contribution in [0, 0.1) is 0 Å². The minimum atomic E-state index is -0.587. The van der Waals surface area contributed by atoms with E-state index in [0.29, 0.717) is 39.1 Å². The summed E-state index contributed by atoms with van der Waals surface area (Å²) in [7, 11) is 3.26. The highest BCUT2D eigenvalue weighted by Crippen LogP contribution is 2.27. The van der Waals surface area contributed by atoms with Crippen molar-refractivity contribution in [2.75, 3.05) is 19.0 Å². The van der Waals surface area contributed by atoms with Gasteiger partial charge < -0.3 is 19.5 Å². The van der Waals surface area contributed by atoms with Gasteiger partial charge in [0, 0.05) is 31.3 Å². The summed E-state index contributed by atoms with van der Waals surface area (Å²) in [6.45, 7) is 3.94. The molecule has 35 heavy (non-hydrogen) atoms. The molecule has 0 spiro atoms. The zero-order chi connectivity index (χ0) is 25.4. The third-order valence-corrected chi connectivity index (χ3v) is 6.65. The molecule has 1 aliphatic rings. The summed E-state index contributed by atoms with van der Waals surface area (Å²) >= 11 is 12.1. The normalized spacial score (nSPS) is 15.0. The highest BCUT2D eigenvalue weighted by Gasteiger charge is 2.32. The number of benzene rings is 1. The van der Waals surface area contributed by atoms with Gasteiger partial charge in [-0.3, -0.25) is 9.59 Å². The van der Waals surface area contributed by atoms with Gasteiger partial charge in [-0.05, 0) is 38.5 Å². The van der Waals surface area contributed by atoms with Crippen LogP contribution in [0.25, 0.3) is 5.82 Å². The maximum absolute atomic E-state index is 13.6. The molecule has 0 saturated heterocycles. The molecule has 2 aromatic heterocycles. The van der Waals surface area contributed by atoms with Gasteiger partial charge in [0.25, 0.3) is 11.5 Å². The molecule has 0 saturated carbocycles. The number of nitrogens with zero attached hydrogens (tertiary/aromatic N) is 5. The number of hydrogen-bond donors (Lipinski definition) is 1. The number of carbonyl (C=O) groups is 2. The molecule has 0 aliphatic carbocycles. The van der Waals surface area contributed by atoms with Gasteiger partial charge in [-0.2, -0.15) is 0 Å². The molecule has 184 valence electrons. The Labute approximate surface area is 211 Å². The number of amides is 1. The lowest BCUT2D eigenvalue weighted by Gasteiger charge is -2.34. The van der Waals surface area contributed by atoms with E-state index < -0.39 is 5.97 Å². The molecule has 0 bridgehead atoms. The lowest BCUT2D eigenvalue weighted by atomic mass is 9.98. The average molecular weight is 519 g/mol. The van der Waals surface area contributed by atoms with Crippen LogP contribution in [-0.2, 0) is 24.8 Å². The zero-order valence-corrected chi connectivity index (χ0v) is 21.1. The van der Waals surface area contributed by atoms with Crippen LogP contribution in [0.15, 0.2) is 29.2 Å². The number of esters is 1. The molecular formula is C23H24Cl2N6O4. The van der Waals surface area contributed by atoms with E-state index in [-0.39, 0.29) is 42.4 Å². The van der Waals surface area contributed by atoms with Gasteiger partial charge in [-0.25, -0.2) is 19.3 Å². The van der Waals surface area contributed by atoms with Crippen molar-refractivity contribution < 1.29 is 14.3 Å². The third-order valence-electron chi connectivity index (χ3n) is 5.92. The SMILES string of the molecule is CCOC(=O)c1ncc(-n2c(NC)nc3c(c2=O)C[C@@H](C)N(C(=O)c2ccc(Cl)c(Cl)c2)C3)n1C. The van der Waals surface area contributed by atoms with Gasteiger partial charge in [-0.1, -0.05) is 23.2 Å². The van der Waals surface area contributed by atoms with E-state index >= 15 is 0 Å². The first kappa shape index (κ1) is 24.7. The fourth-order valence-electron chi connectivity index (χ4n) is 4.10. The number of halogens is 2. The molecule has 1 N–H and O–H groups in total. The number of ether oxygens (including phenoxy) is 1. The van der Waals surface area contributed by atoms with Crippen LogP contribution in [0.1, 0.15) is 46.1 Å². The first-order valence-electron chi connectivity index (χ1n) is 11.0. The molecule has 0 unspecified atom stereocenters. The summed E-state index contributed by atoms with van der Waals surface area (Å²) in [6.07, 6.45) is 1.73. The fourth-order valence-corrected chi connectivity index (χ4v) is 4.40. The average Bonchev–Trinajstić information content (AvgIpc) is 3.21. The van der Waals surface area contributed by atoms with E-state index in [0.717, 1.165) is 0 Å². The van der Waals surface area contributed by atoms with Crippen molar-refractivity contribution in [1.82, 2.24) is 24.0 Å². The van der Waals surface area contributed by atoms with Crippen LogP contribution in [0.4, 0.5) is 5.95 Å². The number of nitrogens with one attached hydrogen (secondary N) is 1. The lowest BCUT2D eigenvalue weighted by molar-refractivity contribution is 0.0507. The number of hydrogen-bond acceptors (Lipinski definition) is 7. The second-order valence-electron chi connectivity index (χ2n) is 8.09. The van der Waals surface area contributed by atoms with Crippen molar-refractivity contribution in [3.8, 4) is 5.82 Å². The Morgan fingerprint density at radius 3 is 2.66 bits per heavy atom. The number of rotatable bonds is 5. The standard InChI is InChI=1S/C23H24Cl2N6O4/c1-5-35-22(34)19-27-10-18(29(19)4)31-21(33)14-8-12(2)30(11-17(14)28-23(31)26-3)20(32)13-6-7-15(24)16(25)9-13/h6-7,9-10,12H,5,8,11H2,1-4H3,(H,26,28)/t12-/m1/s1. The predicted molar refractivity (Wildman–Crippen MR) is 132 cm³/mol. The maximum atomic E-state index is 13.6. The van der Waals surface area contributed by atoms with Gasteiger partial charge in [-0.15, -0.1) is 0 Å². The molecule has 3 heterocycles. The number of aromatic nitrogens is 4. The molecular weight excluding hydrogens is 495 g/mol. The van der Waals surface area contributed by atoms with E-state index in [2.05, 4.69) is 15.3 Å². The van der Waals surface area contributed by atoms with E-state index in [9.17, 15) is 14.4 Å². The summed E-state index contributed by atoms with van der Waals surface area (Å²) in [4.78, 5) is 49.5. The lowest BCUT2D eigenvalue weighted by Crippen LogP contribution is -2.46. The highest BCUT2D eigenvalue weighted by atomic mass is 35.5.